The van der Waals surface area contributed by atoms with E-state index in [4.69, 9.17) is 0 Å². The fraction of sp³-hybridized carbons (Fsp3) is 0.350. The second-order valence-corrected chi connectivity index (χ2v) is 6.06. The van der Waals surface area contributed by atoms with Gasteiger partial charge in [-0.2, -0.15) is 0 Å². The Morgan fingerprint density at radius 3 is 2.09 bits per heavy atom. The smallest absolute Gasteiger partial charge is 0.214 e. The highest BCUT2D eigenvalue weighted by molar-refractivity contribution is 5.75. The lowest BCUT2D eigenvalue weighted by Gasteiger charge is -2.17. The van der Waals surface area contributed by atoms with Crippen LogP contribution in [0.2, 0.25) is 0 Å². The van der Waals surface area contributed by atoms with Crippen molar-refractivity contribution in [2.75, 3.05) is 25.0 Å². The highest BCUT2D eigenvalue weighted by Gasteiger charge is 2.05. The summed E-state index contributed by atoms with van der Waals surface area (Å²) in [6.07, 6.45) is 3.70. The quantitative estimate of drug-likeness (QED) is 0.800. The Morgan fingerprint density at radius 2 is 1.61 bits per heavy atom. The summed E-state index contributed by atoms with van der Waals surface area (Å²) < 4.78 is 0. The zero-order valence-corrected chi connectivity index (χ0v) is 14.1. The van der Waals surface area contributed by atoms with Crippen molar-refractivity contribution in [2.45, 2.75) is 26.3 Å². The molecule has 0 aliphatic carbocycles. The van der Waals surface area contributed by atoms with Gasteiger partial charge in [0, 0.05) is 5.69 Å². The molecule has 0 atom stereocenters. The molecular formula is C20H26N2O. The molecule has 0 saturated carbocycles. The summed E-state index contributed by atoms with van der Waals surface area (Å²) in [5.41, 5.74) is 3.24. The average molecular weight is 310 g/mol. The number of nitrogens with zero attached hydrogens (tertiary/aromatic N) is 2. The molecule has 0 radical (unpaired) electrons. The predicted molar refractivity (Wildman–Crippen MR) is 96.6 cm³/mol. The SMILES string of the molecule is CN1CCCC1.Cc1ccc(N(C=O)Cc2ccccc2)cc1. The molecule has 1 aliphatic heterocycles. The number of carbonyl (C=O) groups is 1. The van der Waals surface area contributed by atoms with Crippen molar-refractivity contribution < 1.29 is 4.79 Å². The maximum atomic E-state index is 11.1. The van der Waals surface area contributed by atoms with Gasteiger partial charge in [0.15, 0.2) is 0 Å². The molecule has 3 nitrogen and oxygen atoms in total. The van der Waals surface area contributed by atoms with Crippen molar-refractivity contribution in [3.8, 4) is 0 Å². The summed E-state index contributed by atoms with van der Waals surface area (Å²) in [4.78, 5) is 15.2. The van der Waals surface area contributed by atoms with Gasteiger partial charge in [0.1, 0.15) is 0 Å². The van der Waals surface area contributed by atoms with Crippen molar-refractivity contribution in [3.63, 3.8) is 0 Å². The molecular weight excluding hydrogens is 284 g/mol. The van der Waals surface area contributed by atoms with Crippen LogP contribution in [0.3, 0.4) is 0 Å². The van der Waals surface area contributed by atoms with E-state index < -0.39 is 0 Å². The van der Waals surface area contributed by atoms with Crippen LogP contribution in [0.5, 0.6) is 0 Å². The van der Waals surface area contributed by atoms with Crippen LogP contribution in [0.15, 0.2) is 54.6 Å². The third kappa shape index (κ3) is 5.87. The van der Waals surface area contributed by atoms with Gasteiger partial charge in [-0.3, -0.25) is 4.79 Å². The molecule has 1 aliphatic rings. The second kappa shape index (κ2) is 9.11. The monoisotopic (exact) mass is 310 g/mol. The van der Waals surface area contributed by atoms with Crippen LogP contribution in [0.1, 0.15) is 24.0 Å². The molecule has 0 bridgehead atoms. The van der Waals surface area contributed by atoms with Gasteiger partial charge in [0.25, 0.3) is 0 Å². The van der Waals surface area contributed by atoms with Crippen molar-refractivity contribution >= 4 is 12.1 Å². The van der Waals surface area contributed by atoms with Crippen LogP contribution in [0.4, 0.5) is 5.69 Å². The first-order valence-electron chi connectivity index (χ1n) is 8.20. The third-order valence-corrected chi connectivity index (χ3v) is 4.02. The van der Waals surface area contributed by atoms with Crippen molar-refractivity contribution in [3.05, 3.63) is 65.7 Å². The Bertz CT molecular complexity index is 574. The molecule has 3 rings (SSSR count). The number of anilines is 1. The van der Waals surface area contributed by atoms with Crippen LogP contribution in [0.25, 0.3) is 0 Å². The van der Waals surface area contributed by atoms with Crippen molar-refractivity contribution in [1.82, 2.24) is 4.90 Å². The van der Waals surface area contributed by atoms with Gasteiger partial charge < -0.3 is 9.80 Å². The Morgan fingerprint density at radius 1 is 1.00 bits per heavy atom. The van der Waals surface area contributed by atoms with E-state index in [1.165, 1.54) is 31.5 Å². The van der Waals surface area contributed by atoms with Gasteiger partial charge in [0.05, 0.1) is 6.54 Å². The fourth-order valence-electron chi connectivity index (χ4n) is 2.58. The lowest BCUT2D eigenvalue weighted by molar-refractivity contribution is -0.107. The first-order chi connectivity index (χ1) is 11.2. The number of amides is 1. The number of carbonyl (C=O) groups excluding carboxylic acids is 1. The number of hydrogen-bond acceptors (Lipinski definition) is 2. The summed E-state index contributed by atoms with van der Waals surface area (Å²) in [6, 6.07) is 17.9. The number of benzene rings is 2. The molecule has 122 valence electrons. The van der Waals surface area contributed by atoms with E-state index >= 15 is 0 Å². The van der Waals surface area contributed by atoms with Gasteiger partial charge in [-0.15, -0.1) is 0 Å². The maximum absolute atomic E-state index is 11.1. The minimum Gasteiger partial charge on any atom is -0.311 e. The topological polar surface area (TPSA) is 23.6 Å². The number of aryl methyl sites for hydroxylation is 1. The Hall–Kier alpha value is -2.13. The van der Waals surface area contributed by atoms with Gasteiger partial charge in [-0.25, -0.2) is 0 Å². The van der Waals surface area contributed by atoms with Crippen molar-refractivity contribution in [2.24, 2.45) is 0 Å². The zero-order valence-electron chi connectivity index (χ0n) is 14.1. The maximum Gasteiger partial charge on any atom is 0.214 e. The van der Waals surface area contributed by atoms with Gasteiger partial charge in [-0.05, 0) is 57.6 Å². The second-order valence-electron chi connectivity index (χ2n) is 6.06. The van der Waals surface area contributed by atoms with E-state index in [1.807, 2.05) is 61.5 Å². The summed E-state index contributed by atoms with van der Waals surface area (Å²) in [5.74, 6) is 0. The van der Waals surface area contributed by atoms with Crippen LogP contribution in [-0.4, -0.2) is 31.4 Å². The summed E-state index contributed by atoms with van der Waals surface area (Å²) in [5, 5.41) is 0. The van der Waals surface area contributed by atoms with E-state index in [-0.39, 0.29) is 0 Å². The first kappa shape index (κ1) is 17.2. The number of rotatable bonds is 4. The average Bonchev–Trinajstić information content (AvgIpc) is 3.06. The predicted octanol–water partition coefficient (Wildman–Crippen LogP) is 3.87. The highest BCUT2D eigenvalue weighted by atomic mass is 16.1. The van der Waals surface area contributed by atoms with E-state index in [2.05, 4.69) is 11.9 Å². The zero-order chi connectivity index (χ0) is 16.5. The van der Waals surface area contributed by atoms with Gasteiger partial charge in [-0.1, -0.05) is 48.0 Å². The molecule has 1 fully saturated rings. The molecule has 1 saturated heterocycles. The third-order valence-electron chi connectivity index (χ3n) is 4.02. The van der Waals surface area contributed by atoms with E-state index in [9.17, 15) is 4.79 Å². The largest absolute Gasteiger partial charge is 0.311 e. The molecule has 1 heterocycles. The number of hydrogen-bond donors (Lipinski definition) is 0. The summed E-state index contributed by atoms with van der Waals surface area (Å²) in [7, 11) is 2.17. The van der Waals surface area contributed by atoms with E-state index in [1.54, 1.807) is 4.90 Å². The Balaban J connectivity index is 0.000000268. The minimum absolute atomic E-state index is 0.605. The lowest BCUT2D eigenvalue weighted by Crippen LogP contribution is -2.20. The van der Waals surface area contributed by atoms with Crippen LogP contribution >= 0.6 is 0 Å². The van der Waals surface area contributed by atoms with Crippen molar-refractivity contribution in [1.29, 1.82) is 0 Å². The van der Waals surface area contributed by atoms with E-state index in [0.29, 0.717) is 6.54 Å². The minimum atomic E-state index is 0.605. The van der Waals surface area contributed by atoms with Crippen LogP contribution in [0, 0.1) is 6.92 Å². The number of likely N-dealkylation sites (tertiary alicyclic amines) is 1. The summed E-state index contributed by atoms with van der Waals surface area (Å²) >= 11 is 0. The molecule has 23 heavy (non-hydrogen) atoms. The Labute approximate surface area is 139 Å². The Kier molecular flexibility index (Phi) is 6.82. The van der Waals surface area contributed by atoms with Crippen LogP contribution in [-0.2, 0) is 11.3 Å². The fourth-order valence-corrected chi connectivity index (χ4v) is 2.58. The van der Waals surface area contributed by atoms with Crippen LogP contribution < -0.4 is 4.90 Å². The van der Waals surface area contributed by atoms with Gasteiger partial charge in [0.2, 0.25) is 6.41 Å². The van der Waals surface area contributed by atoms with Gasteiger partial charge >= 0.3 is 0 Å². The molecule has 0 N–H and O–H groups in total. The standard InChI is InChI=1S/C15H15NO.C5H11N/c1-13-7-9-15(10-8-13)16(12-17)11-14-5-3-2-4-6-14;1-6-4-2-3-5-6/h2-10,12H,11H2,1H3;2-5H2,1H3. The molecule has 1 amide bonds. The molecule has 0 aromatic heterocycles. The lowest BCUT2D eigenvalue weighted by atomic mass is 10.2. The first-order valence-corrected chi connectivity index (χ1v) is 8.20. The molecule has 0 unspecified atom stereocenters. The molecule has 2 aromatic carbocycles. The molecule has 0 spiro atoms. The molecule has 2 aromatic rings. The highest BCUT2D eigenvalue weighted by Crippen LogP contribution is 2.16. The summed E-state index contributed by atoms with van der Waals surface area (Å²) in [6.45, 7) is 5.28. The normalized spacial score (nSPS) is 14.0. The van der Waals surface area contributed by atoms with E-state index in [0.717, 1.165) is 17.7 Å². The molecule has 3 heteroatoms.